The lowest BCUT2D eigenvalue weighted by atomic mass is 10.2. The molecule has 136 valence electrons. The molecule has 4 aromatic rings. The molecule has 9 heteroatoms. The second kappa shape index (κ2) is 6.71. The second-order valence-corrected chi connectivity index (χ2v) is 6.97. The largest absolute Gasteiger partial charge is 0.453 e. The summed E-state index contributed by atoms with van der Waals surface area (Å²) >= 11 is 9.74. The number of aromatic nitrogens is 2. The average molecular weight is 449 g/mol. The topological polar surface area (TPSA) is 97.2 Å². The number of carbonyl (C=O) groups is 1. The quantitative estimate of drug-likeness (QED) is 0.453. The number of rotatable bonds is 2. The van der Waals surface area contributed by atoms with Gasteiger partial charge in [-0.1, -0.05) is 27.5 Å². The van der Waals surface area contributed by atoms with E-state index in [-0.39, 0.29) is 5.58 Å². The Kier molecular flexibility index (Phi) is 4.37. The molecule has 4 rings (SSSR count). The summed E-state index contributed by atoms with van der Waals surface area (Å²) in [5.41, 5.74) is 1.71. The molecule has 0 atom stereocenters. The number of hydrogen-bond acceptors (Lipinski definition) is 5. The fourth-order valence-electron chi connectivity index (χ4n) is 2.71. The maximum atomic E-state index is 12.5. The van der Waals surface area contributed by atoms with E-state index < -0.39 is 11.7 Å². The molecule has 0 aliphatic heterocycles. The van der Waals surface area contributed by atoms with Crippen LogP contribution in [0.5, 0.6) is 0 Å². The lowest BCUT2D eigenvalue weighted by Crippen LogP contribution is -2.11. The Hall–Kier alpha value is -2.84. The van der Waals surface area contributed by atoms with E-state index in [0.29, 0.717) is 38.6 Å². The molecule has 0 saturated heterocycles. The van der Waals surface area contributed by atoms with E-state index in [9.17, 15) is 9.59 Å². The van der Waals surface area contributed by atoms with Crippen molar-refractivity contribution in [3.05, 3.63) is 56.2 Å². The molecule has 2 heterocycles. The number of nitrogens with one attached hydrogen (secondary N) is 2. The van der Waals surface area contributed by atoms with E-state index in [1.165, 1.54) is 7.11 Å². The van der Waals surface area contributed by atoms with Crippen LogP contribution in [-0.4, -0.2) is 23.2 Å². The van der Waals surface area contributed by atoms with Crippen molar-refractivity contribution in [3.63, 3.8) is 0 Å². The van der Waals surface area contributed by atoms with Gasteiger partial charge >= 0.3 is 6.09 Å². The number of halogens is 2. The second-order valence-electron chi connectivity index (χ2n) is 5.65. The van der Waals surface area contributed by atoms with Crippen LogP contribution in [0.2, 0.25) is 5.02 Å². The predicted octanol–water partition coefficient (Wildman–Crippen LogP) is 4.93. The lowest BCUT2D eigenvalue weighted by molar-refractivity contribution is 0.187. The highest BCUT2D eigenvalue weighted by molar-refractivity contribution is 9.10. The molecule has 2 aromatic carbocycles. The highest BCUT2D eigenvalue weighted by Crippen LogP contribution is 2.32. The summed E-state index contributed by atoms with van der Waals surface area (Å²) in [6.07, 6.45) is -0.609. The van der Waals surface area contributed by atoms with Crippen LogP contribution in [0.15, 0.2) is 50.1 Å². The summed E-state index contributed by atoms with van der Waals surface area (Å²) in [5, 5.41) is 3.54. The number of furan rings is 1. The summed E-state index contributed by atoms with van der Waals surface area (Å²) < 4.78 is 11.0. The van der Waals surface area contributed by atoms with E-state index in [4.69, 9.17) is 16.0 Å². The van der Waals surface area contributed by atoms with Gasteiger partial charge in [-0.2, -0.15) is 0 Å². The molecule has 27 heavy (non-hydrogen) atoms. The van der Waals surface area contributed by atoms with Gasteiger partial charge in [0, 0.05) is 21.1 Å². The number of ether oxygens (including phenoxy) is 1. The first kappa shape index (κ1) is 17.6. The maximum Gasteiger partial charge on any atom is 0.411 e. The number of aromatic amines is 1. The molecule has 0 aliphatic rings. The van der Waals surface area contributed by atoms with E-state index in [1.54, 1.807) is 24.3 Å². The number of methoxy groups -OCH3 is 1. The Balaban J connectivity index is 1.86. The predicted molar refractivity (Wildman–Crippen MR) is 106 cm³/mol. The number of carbonyl (C=O) groups excluding carboxylic acids is 1. The molecule has 0 spiro atoms. The van der Waals surface area contributed by atoms with Gasteiger partial charge in [0.2, 0.25) is 5.58 Å². The van der Waals surface area contributed by atoms with Crippen LogP contribution in [0.1, 0.15) is 0 Å². The van der Waals surface area contributed by atoms with Crippen LogP contribution in [0.3, 0.4) is 0 Å². The van der Waals surface area contributed by atoms with Crippen LogP contribution in [0.4, 0.5) is 10.5 Å². The minimum atomic E-state index is -0.609. The van der Waals surface area contributed by atoms with Gasteiger partial charge in [-0.3, -0.25) is 10.1 Å². The van der Waals surface area contributed by atoms with Crippen molar-refractivity contribution in [1.82, 2.24) is 9.97 Å². The van der Waals surface area contributed by atoms with Gasteiger partial charge in [0.05, 0.1) is 12.1 Å². The zero-order valence-electron chi connectivity index (χ0n) is 13.8. The monoisotopic (exact) mass is 447 g/mol. The Labute approximate surface area is 165 Å². The van der Waals surface area contributed by atoms with Crippen molar-refractivity contribution in [3.8, 4) is 11.4 Å². The Morgan fingerprint density at radius 1 is 1.30 bits per heavy atom. The number of fused-ring (bicyclic) bond motifs is 3. The SMILES string of the molecule is COC(=O)Nc1ccc(-c2nc3c(oc4ccc(Br)cc43)c(=O)[nH]2)c(Cl)c1. The van der Waals surface area contributed by atoms with Crippen LogP contribution < -0.4 is 10.9 Å². The molecule has 7 nitrogen and oxygen atoms in total. The summed E-state index contributed by atoms with van der Waals surface area (Å²) in [5.74, 6) is 0.296. The Bertz CT molecular complexity index is 1260. The van der Waals surface area contributed by atoms with Crippen molar-refractivity contribution in [2.24, 2.45) is 0 Å². The highest BCUT2D eigenvalue weighted by Gasteiger charge is 2.16. The van der Waals surface area contributed by atoms with Crippen LogP contribution >= 0.6 is 27.5 Å². The number of hydrogen-bond donors (Lipinski definition) is 2. The first-order chi connectivity index (χ1) is 13.0. The molecule has 2 aromatic heterocycles. The summed E-state index contributed by atoms with van der Waals surface area (Å²) in [6.45, 7) is 0. The molecule has 0 radical (unpaired) electrons. The van der Waals surface area contributed by atoms with E-state index >= 15 is 0 Å². The van der Waals surface area contributed by atoms with Crippen molar-refractivity contribution < 1.29 is 13.9 Å². The molecule has 2 N–H and O–H groups in total. The zero-order valence-corrected chi connectivity index (χ0v) is 16.1. The van der Waals surface area contributed by atoms with Gasteiger partial charge in [-0.15, -0.1) is 0 Å². The number of amides is 1. The van der Waals surface area contributed by atoms with Crippen molar-refractivity contribution >= 4 is 61.4 Å². The van der Waals surface area contributed by atoms with Crippen LogP contribution in [-0.2, 0) is 4.74 Å². The molecular weight excluding hydrogens is 438 g/mol. The minimum absolute atomic E-state index is 0.145. The molecule has 0 bridgehead atoms. The smallest absolute Gasteiger partial charge is 0.411 e. The standard InChI is InChI=1S/C18H11BrClN3O4/c1-26-18(25)21-9-3-4-10(12(20)7-9)16-22-14-11-6-8(19)2-5-13(11)27-15(14)17(24)23-16/h2-7H,1H3,(H,21,25)(H,22,23,24). The van der Waals surface area contributed by atoms with Crippen LogP contribution in [0, 0.1) is 0 Å². The van der Waals surface area contributed by atoms with E-state index in [0.717, 1.165) is 4.47 Å². The third kappa shape index (κ3) is 3.17. The van der Waals surface area contributed by atoms with Gasteiger partial charge in [0.1, 0.15) is 16.9 Å². The average Bonchev–Trinajstić information content (AvgIpc) is 3.00. The number of H-pyrrole nitrogens is 1. The van der Waals surface area contributed by atoms with Crippen molar-refractivity contribution in [1.29, 1.82) is 0 Å². The fraction of sp³-hybridized carbons (Fsp3) is 0.0556. The molecule has 0 unspecified atom stereocenters. The third-order valence-corrected chi connectivity index (χ3v) is 4.75. The molecule has 0 fully saturated rings. The fourth-order valence-corrected chi connectivity index (χ4v) is 3.34. The number of nitrogens with zero attached hydrogens (tertiary/aromatic N) is 1. The normalized spacial score (nSPS) is 11.1. The van der Waals surface area contributed by atoms with Gasteiger partial charge < -0.3 is 14.1 Å². The van der Waals surface area contributed by atoms with Gasteiger partial charge in [-0.25, -0.2) is 9.78 Å². The van der Waals surface area contributed by atoms with Gasteiger partial charge in [0.15, 0.2) is 0 Å². The van der Waals surface area contributed by atoms with Gasteiger partial charge in [0.25, 0.3) is 5.56 Å². The summed E-state index contributed by atoms with van der Waals surface area (Å²) in [7, 11) is 1.27. The molecule has 0 aliphatic carbocycles. The Morgan fingerprint density at radius 3 is 2.85 bits per heavy atom. The number of anilines is 1. The molecule has 0 saturated carbocycles. The van der Waals surface area contributed by atoms with Crippen molar-refractivity contribution in [2.75, 3.05) is 12.4 Å². The first-order valence-corrected chi connectivity index (χ1v) is 8.90. The number of benzene rings is 2. The van der Waals surface area contributed by atoms with Crippen molar-refractivity contribution in [2.45, 2.75) is 0 Å². The molecular formula is C18H11BrClN3O4. The maximum absolute atomic E-state index is 12.5. The zero-order chi connectivity index (χ0) is 19.1. The van der Waals surface area contributed by atoms with E-state index in [1.807, 2.05) is 12.1 Å². The summed E-state index contributed by atoms with van der Waals surface area (Å²) in [4.78, 5) is 31.0. The third-order valence-electron chi connectivity index (χ3n) is 3.94. The highest BCUT2D eigenvalue weighted by atomic mass is 79.9. The van der Waals surface area contributed by atoms with Crippen LogP contribution in [0.25, 0.3) is 33.5 Å². The summed E-state index contributed by atoms with van der Waals surface area (Å²) in [6, 6.07) is 10.2. The lowest BCUT2D eigenvalue weighted by Gasteiger charge is -2.07. The first-order valence-electron chi connectivity index (χ1n) is 7.73. The molecule has 1 amide bonds. The Morgan fingerprint density at radius 2 is 2.11 bits per heavy atom. The minimum Gasteiger partial charge on any atom is -0.453 e. The van der Waals surface area contributed by atoms with Gasteiger partial charge in [-0.05, 0) is 36.4 Å². The van der Waals surface area contributed by atoms with E-state index in [2.05, 4.69) is 36.0 Å².